The molecule has 124 valence electrons. The normalized spacial score (nSPS) is 16.4. The molecule has 1 amide bonds. The van der Waals surface area contributed by atoms with Gasteiger partial charge in [0, 0.05) is 26.8 Å². The zero-order valence-corrected chi connectivity index (χ0v) is 14.7. The van der Waals surface area contributed by atoms with Crippen LogP contribution < -0.4 is 5.32 Å². The van der Waals surface area contributed by atoms with Crippen molar-refractivity contribution >= 4 is 40.3 Å². The van der Waals surface area contributed by atoms with Gasteiger partial charge in [0.25, 0.3) is 0 Å². The number of rotatable bonds is 3. The number of halogens is 1. The molecule has 0 saturated heterocycles. The number of amides is 1. The number of hydrogen-bond donors (Lipinski definition) is 1. The maximum Gasteiger partial charge on any atom is 0.240 e. The molecular weight excluding hydrogens is 354 g/mol. The van der Waals surface area contributed by atoms with Crippen LogP contribution in [0.25, 0.3) is 0 Å². The lowest BCUT2D eigenvalue weighted by molar-refractivity contribution is -0.116. The summed E-state index contributed by atoms with van der Waals surface area (Å²) in [6.07, 6.45) is 0.792. The average molecular weight is 368 g/mol. The molecule has 1 aliphatic heterocycles. The van der Waals surface area contributed by atoms with Crippen LogP contribution in [0.2, 0.25) is 5.02 Å². The zero-order valence-electron chi connectivity index (χ0n) is 13.2. The second-order valence-electron chi connectivity index (χ2n) is 5.94. The Labute approximate surface area is 154 Å². The molecule has 0 saturated carbocycles. The first-order valence-corrected chi connectivity index (χ1v) is 9.08. The van der Waals surface area contributed by atoms with Gasteiger partial charge in [0.05, 0.1) is 5.69 Å². The van der Waals surface area contributed by atoms with E-state index in [0.717, 1.165) is 16.2 Å². The summed E-state index contributed by atoms with van der Waals surface area (Å²) < 4.78 is 0. The molecule has 1 N–H and O–H groups in total. The molecule has 3 aromatic rings. The van der Waals surface area contributed by atoms with Crippen molar-refractivity contribution < 1.29 is 9.59 Å². The third-order valence-electron chi connectivity index (χ3n) is 4.22. The average Bonchev–Trinajstić information content (AvgIpc) is 3.03. The van der Waals surface area contributed by atoms with E-state index in [4.69, 9.17) is 11.6 Å². The summed E-state index contributed by atoms with van der Waals surface area (Å²) in [5, 5.41) is 3.29. The number of ketones is 1. The summed E-state index contributed by atoms with van der Waals surface area (Å²) in [7, 11) is 0. The first-order valence-electron chi connectivity index (χ1n) is 7.89. The van der Waals surface area contributed by atoms with Gasteiger partial charge in [0.1, 0.15) is 5.92 Å². The Bertz CT molecular complexity index is 965. The van der Waals surface area contributed by atoms with Crippen LogP contribution in [-0.4, -0.2) is 11.7 Å². The van der Waals surface area contributed by atoms with Crippen LogP contribution in [0.3, 0.4) is 0 Å². The maximum atomic E-state index is 12.8. The molecule has 3 nitrogen and oxygen atoms in total. The molecule has 1 aromatic heterocycles. The summed E-state index contributed by atoms with van der Waals surface area (Å²) in [6.45, 7) is 0. The number of Topliss-reactive ketones (excluding diaryl/α,β-unsaturated/α-hetero) is 1. The maximum absolute atomic E-state index is 12.8. The lowest BCUT2D eigenvalue weighted by Gasteiger charge is -2.22. The molecule has 0 aliphatic carbocycles. The Kier molecular flexibility index (Phi) is 4.15. The minimum absolute atomic E-state index is 0.177. The van der Waals surface area contributed by atoms with Crippen LogP contribution in [0.4, 0.5) is 5.69 Å². The molecule has 1 atom stereocenters. The minimum Gasteiger partial charge on any atom is -0.324 e. The number of carbonyl (C=O) groups is 2. The number of benzene rings is 2. The standard InChI is InChI=1S/C20H14ClNO2S/c21-13-6-8-15-16(11-13)22-20(24)18(19(15)23)17-9-7-14(25-17)10-12-4-2-1-3-5-12/h1-9,11,18H,10H2,(H,22,24). The van der Waals surface area contributed by atoms with Crippen LogP contribution in [-0.2, 0) is 11.2 Å². The molecule has 0 spiro atoms. The molecule has 0 bridgehead atoms. The number of thiophene rings is 1. The van der Waals surface area contributed by atoms with Crippen molar-refractivity contribution in [1.29, 1.82) is 0 Å². The molecule has 0 radical (unpaired) electrons. The second kappa shape index (κ2) is 6.47. The van der Waals surface area contributed by atoms with Crippen molar-refractivity contribution in [1.82, 2.24) is 0 Å². The van der Waals surface area contributed by atoms with Gasteiger partial charge in [-0.05, 0) is 35.9 Å². The van der Waals surface area contributed by atoms with Gasteiger partial charge in [-0.1, -0.05) is 41.9 Å². The topological polar surface area (TPSA) is 46.2 Å². The van der Waals surface area contributed by atoms with E-state index < -0.39 is 5.92 Å². The molecule has 4 rings (SSSR count). The van der Waals surface area contributed by atoms with Crippen LogP contribution in [0.5, 0.6) is 0 Å². The van der Waals surface area contributed by atoms with E-state index in [9.17, 15) is 9.59 Å². The molecule has 2 heterocycles. The van der Waals surface area contributed by atoms with Gasteiger partial charge in [0.15, 0.2) is 5.78 Å². The quantitative estimate of drug-likeness (QED) is 0.668. The summed E-state index contributed by atoms with van der Waals surface area (Å²) in [6, 6.07) is 18.9. The highest BCUT2D eigenvalue weighted by Gasteiger charge is 2.36. The highest BCUT2D eigenvalue weighted by Crippen LogP contribution is 2.36. The Balaban J connectivity index is 1.63. The lowest BCUT2D eigenvalue weighted by atomic mass is 9.90. The van der Waals surface area contributed by atoms with Crippen molar-refractivity contribution in [3.8, 4) is 0 Å². The summed E-state index contributed by atoms with van der Waals surface area (Å²) in [5.74, 6) is -1.26. The number of anilines is 1. The third kappa shape index (κ3) is 3.11. The number of nitrogens with one attached hydrogen (secondary N) is 1. The fourth-order valence-electron chi connectivity index (χ4n) is 3.01. The smallest absolute Gasteiger partial charge is 0.240 e. The first kappa shape index (κ1) is 16.1. The molecular formula is C20H14ClNO2S. The van der Waals surface area contributed by atoms with E-state index in [1.165, 1.54) is 16.9 Å². The molecule has 1 unspecified atom stereocenters. The van der Waals surface area contributed by atoms with E-state index >= 15 is 0 Å². The van der Waals surface area contributed by atoms with E-state index in [-0.39, 0.29) is 11.7 Å². The Morgan fingerprint density at radius 3 is 2.60 bits per heavy atom. The Morgan fingerprint density at radius 2 is 1.80 bits per heavy atom. The van der Waals surface area contributed by atoms with Crippen molar-refractivity contribution in [3.05, 3.63) is 86.6 Å². The SMILES string of the molecule is O=C1Nc2cc(Cl)ccc2C(=O)C1c1ccc(Cc2ccccc2)s1. The second-order valence-corrected chi connectivity index (χ2v) is 7.58. The van der Waals surface area contributed by atoms with Crippen molar-refractivity contribution in [3.63, 3.8) is 0 Å². The lowest BCUT2D eigenvalue weighted by Crippen LogP contribution is -2.33. The van der Waals surface area contributed by atoms with Gasteiger partial charge in [-0.15, -0.1) is 11.3 Å². The fraction of sp³-hybridized carbons (Fsp3) is 0.100. The Morgan fingerprint density at radius 1 is 1.00 bits per heavy atom. The monoisotopic (exact) mass is 367 g/mol. The van der Waals surface area contributed by atoms with E-state index in [1.807, 2.05) is 30.3 Å². The van der Waals surface area contributed by atoms with Gasteiger partial charge in [-0.3, -0.25) is 9.59 Å². The molecule has 1 aliphatic rings. The van der Waals surface area contributed by atoms with Crippen molar-refractivity contribution in [2.45, 2.75) is 12.3 Å². The van der Waals surface area contributed by atoms with Gasteiger partial charge >= 0.3 is 0 Å². The van der Waals surface area contributed by atoms with E-state index in [0.29, 0.717) is 16.3 Å². The van der Waals surface area contributed by atoms with Crippen LogP contribution in [0.15, 0.2) is 60.7 Å². The fourth-order valence-corrected chi connectivity index (χ4v) is 4.33. The molecule has 5 heteroatoms. The predicted octanol–water partition coefficient (Wildman–Crippen LogP) is 4.91. The highest BCUT2D eigenvalue weighted by atomic mass is 35.5. The predicted molar refractivity (Wildman–Crippen MR) is 101 cm³/mol. The third-order valence-corrected chi connectivity index (χ3v) is 5.60. The molecule has 2 aromatic carbocycles. The van der Waals surface area contributed by atoms with Gasteiger partial charge in [-0.2, -0.15) is 0 Å². The van der Waals surface area contributed by atoms with Crippen LogP contribution in [0.1, 0.15) is 31.6 Å². The summed E-state index contributed by atoms with van der Waals surface area (Å²) in [4.78, 5) is 27.2. The zero-order chi connectivity index (χ0) is 17.4. The van der Waals surface area contributed by atoms with Crippen molar-refractivity contribution in [2.24, 2.45) is 0 Å². The first-order chi connectivity index (χ1) is 12.1. The number of hydrogen-bond acceptors (Lipinski definition) is 3. The minimum atomic E-state index is -0.789. The number of fused-ring (bicyclic) bond motifs is 1. The Hall–Kier alpha value is -2.43. The summed E-state index contributed by atoms with van der Waals surface area (Å²) in [5.41, 5.74) is 2.20. The van der Waals surface area contributed by atoms with E-state index in [1.54, 1.807) is 18.2 Å². The van der Waals surface area contributed by atoms with E-state index in [2.05, 4.69) is 17.4 Å². The number of carbonyl (C=O) groups excluding carboxylic acids is 2. The van der Waals surface area contributed by atoms with Crippen molar-refractivity contribution in [2.75, 3.05) is 5.32 Å². The van der Waals surface area contributed by atoms with Crippen LogP contribution >= 0.6 is 22.9 Å². The van der Waals surface area contributed by atoms with Gasteiger partial charge < -0.3 is 5.32 Å². The van der Waals surface area contributed by atoms with Gasteiger partial charge in [-0.25, -0.2) is 0 Å². The van der Waals surface area contributed by atoms with Crippen LogP contribution in [0, 0.1) is 0 Å². The largest absolute Gasteiger partial charge is 0.324 e. The summed E-state index contributed by atoms with van der Waals surface area (Å²) >= 11 is 7.46. The van der Waals surface area contributed by atoms with Gasteiger partial charge in [0.2, 0.25) is 5.91 Å². The highest BCUT2D eigenvalue weighted by molar-refractivity contribution is 7.12. The molecule has 25 heavy (non-hydrogen) atoms. The molecule has 0 fully saturated rings.